The van der Waals surface area contributed by atoms with Crippen molar-refractivity contribution in [2.45, 2.75) is 13.3 Å². The zero-order valence-electron chi connectivity index (χ0n) is 8.17. The number of hydrogen-bond donors (Lipinski definition) is 1. The van der Waals surface area contributed by atoms with Crippen LogP contribution in [0.3, 0.4) is 0 Å². The van der Waals surface area contributed by atoms with Crippen molar-refractivity contribution in [2.24, 2.45) is 0 Å². The highest BCUT2D eigenvalue weighted by Crippen LogP contribution is 1.81. The highest BCUT2D eigenvalue weighted by atomic mass is 16.2. The van der Waals surface area contributed by atoms with Gasteiger partial charge in [-0.05, 0) is 43.1 Å². The number of allylic oxidation sites excluding steroid dienone is 3. The van der Waals surface area contributed by atoms with Gasteiger partial charge in [-0.1, -0.05) is 30.1 Å². The largest absolute Gasteiger partial charge is 0.396 e. The van der Waals surface area contributed by atoms with Crippen LogP contribution in [0.2, 0.25) is 0 Å². The summed E-state index contributed by atoms with van der Waals surface area (Å²) in [5.74, 6) is 15.8. The molecule has 0 aliphatic heterocycles. The Kier molecular flexibility index (Phi) is 9.63. The lowest BCUT2D eigenvalue weighted by Crippen LogP contribution is -1.73. The minimum absolute atomic E-state index is 0.178. The third-order valence-electron chi connectivity index (χ3n) is 1.11. The van der Waals surface area contributed by atoms with Crippen LogP contribution in [-0.2, 0) is 0 Å². The molecule has 0 amide bonds. The summed E-state index contributed by atoms with van der Waals surface area (Å²) in [6, 6.07) is 0. The smallest absolute Gasteiger partial charge is 0.0465 e. The molecule has 0 aromatic heterocycles. The summed E-state index contributed by atoms with van der Waals surface area (Å²) in [4.78, 5) is 0. The highest BCUT2D eigenvalue weighted by molar-refractivity contribution is 5.37. The standard InChI is InChI=1S/C13H12O/c1-2-3-4-5-6-7-8-9-10-11-12-13-14/h8-11,14H,12-13H2,1H3. The topological polar surface area (TPSA) is 20.2 Å². The van der Waals surface area contributed by atoms with Crippen LogP contribution in [0, 0.1) is 35.5 Å². The lowest BCUT2D eigenvalue weighted by molar-refractivity contribution is 0.302. The van der Waals surface area contributed by atoms with E-state index < -0.39 is 0 Å². The van der Waals surface area contributed by atoms with Crippen molar-refractivity contribution in [2.75, 3.05) is 6.61 Å². The van der Waals surface area contributed by atoms with Crippen LogP contribution in [0.5, 0.6) is 0 Å². The first-order valence-electron chi connectivity index (χ1n) is 4.26. The van der Waals surface area contributed by atoms with Gasteiger partial charge in [-0.3, -0.25) is 0 Å². The van der Waals surface area contributed by atoms with Crippen molar-refractivity contribution in [3.05, 3.63) is 24.3 Å². The van der Waals surface area contributed by atoms with Crippen molar-refractivity contribution < 1.29 is 5.11 Å². The quantitative estimate of drug-likeness (QED) is 0.520. The van der Waals surface area contributed by atoms with Crippen LogP contribution in [-0.4, -0.2) is 11.7 Å². The predicted octanol–water partition coefficient (Wildman–Crippen LogP) is 1.51. The Morgan fingerprint density at radius 3 is 2.57 bits per heavy atom. The first-order chi connectivity index (χ1) is 6.91. The van der Waals surface area contributed by atoms with Gasteiger partial charge in [0.15, 0.2) is 0 Å². The summed E-state index contributed by atoms with van der Waals surface area (Å²) in [7, 11) is 0. The van der Waals surface area contributed by atoms with E-state index in [1.165, 1.54) is 0 Å². The molecule has 0 radical (unpaired) electrons. The Bertz CT molecular complexity index is 367. The van der Waals surface area contributed by atoms with Gasteiger partial charge in [0, 0.05) is 6.61 Å². The Balaban J connectivity index is 3.80. The predicted molar refractivity (Wildman–Crippen MR) is 59.0 cm³/mol. The first-order valence-corrected chi connectivity index (χ1v) is 4.26. The van der Waals surface area contributed by atoms with Crippen molar-refractivity contribution in [1.82, 2.24) is 0 Å². The fourth-order valence-corrected chi connectivity index (χ4v) is 0.556. The minimum atomic E-state index is 0.178. The monoisotopic (exact) mass is 184 g/mol. The second-order valence-electron chi connectivity index (χ2n) is 2.19. The van der Waals surface area contributed by atoms with Gasteiger partial charge in [-0.2, -0.15) is 0 Å². The van der Waals surface area contributed by atoms with Crippen molar-refractivity contribution in [3.8, 4) is 35.5 Å². The summed E-state index contributed by atoms with van der Waals surface area (Å²) in [6.45, 7) is 1.91. The zero-order chi connectivity index (χ0) is 10.5. The lowest BCUT2D eigenvalue weighted by atomic mass is 10.3. The molecule has 0 unspecified atom stereocenters. The maximum absolute atomic E-state index is 8.45. The molecule has 0 atom stereocenters. The third kappa shape index (κ3) is 10.1. The minimum Gasteiger partial charge on any atom is -0.396 e. The molecule has 0 saturated carbocycles. The van der Waals surface area contributed by atoms with Gasteiger partial charge in [-0.15, -0.1) is 0 Å². The normalized spacial score (nSPS) is 8.43. The Labute approximate surface area is 85.5 Å². The molecule has 0 rings (SSSR count). The van der Waals surface area contributed by atoms with Gasteiger partial charge >= 0.3 is 0 Å². The maximum Gasteiger partial charge on any atom is 0.0465 e. The van der Waals surface area contributed by atoms with Crippen molar-refractivity contribution in [1.29, 1.82) is 0 Å². The fraction of sp³-hybridized carbons (Fsp3) is 0.231. The molecule has 0 heterocycles. The first kappa shape index (κ1) is 12.1. The molecule has 0 saturated heterocycles. The summed E-state index contributed by atoms with van der Waals surface area (Å²) in [5, 5.41) is 8.45. The van der Waals surface area contributed by atoms with Crippen molar-refractivity contribution >= 4 is 0 Å². The van der Waals surface area contributed by atoms with E-state index in [0.29, 0.717) is 6.42 Å². The molecule has 0 aromatic carbocycles. The van der Waals surface area contributed by atoms with Gasteiger partial charge in [0.05, 0.1) is 0 Å². The summed E-state index contributed by atoms with van der Waals surface area (Å²) in [5.41, 5.74) is 0. The summed E-state index contributed by atoms with van der Waals surface area (Å²) < 4.78 is 0. The molecule has 1 heteroatoms. The molecular weight excluding hydrogens is 172 g/mol. The number of rotatable bonds is 3. The fourth-order valence-electron chi connectivity index (χ4n) is 0.556. The molecule has 14 heavy (non-hydrogen) atoms. The lowest BCUT2D eigenvalue weighted by Gasteiger charge is -1.78. The summed E-state index contributed by atoms with van der Waals surface area (Å²) >= 11 is 0. The second kappa shape index (κ2) is 11.1. The summed E-state index contributed by atoms with van der Waals surface area (Å²) in [6.07, 6.45) is 7.87. The molecule has 0 aromatic rings. The van der Waals surface area contributed by atoms with E-state index in [0.717, 1.165) is 0 Å². The Hall–Kier alpha value is -1.88. The molecule has 0 spiro atoms. The molecule has 1 nitrogen and oxygen atoms in total. The average Bonchev–Trinajstić information content (AvgIpc) is 2.21. The third-order valence-corrected chi connectivity index (χ3v) is 1.11. The van der Waals surface area contributed by atoms with Gasteiger partial charge < -0.3 is 5.11 Å². The number of aliphatic hydroxyl groups is 1. The van der Waals surface area contributed by atoms with E-state index >= 15 is 0 Å². The van der Waals surface area contributed by atoms with Crippen LogP contribution in [0.25, 0.3) is 0 Å². The molecular formula is C13H12O. The van der Waals surface area contributed by atoms with E-state index in [-0.39, 0.29) is 6.61 Å². The second-order valence-corrected chi connectivity index (χ2v) is 2.19. The van der Waals surface area contributed by atoms with Gasteiger partial charge in [0.1, 0.15) is 0 Å². The Morgan fingerprint density at radius 1 is 1.07 bits per heavy atom. The molecule has 0 aliphatic rings. The van der Waals surface area contributed by atoms with Crippen LogP contribution in [0.4, 0.5) is 0 Å². The average molecular weight is 184 g/mol. The number of hydrogen-bond acceptors (Lipinski definition) is 1. The number of aliphatic hydroxyl groups excluding tert-OH is 1. The van der Waals surface area contributed by atoms with E-state index in [1.807, 2.05) is 12.2 Å². The van der Waals surface area contributed by atoms with E-state index in [1.54, 1.807) is 19.1 Å². The van der Waals surface area contributed by atoms with E-state index in [2.05, 4.69) is 35.5 Å². The zero-order valence-corrected chi connectivity index (χ0v) is 8.17. The van der Waals surface area contributed by atoms with E-state index in [4.69, 9.17) is 5.11 Å². The van der Waals surface area contributed by atoms with Crippen LogP contribution in [0.1, 0.15) is 13.3 Å². The van der Waals surface area contributed by atoms with Gasteiger partial charge in [0.2, 0.25) is 0 Å². The highest BCUT2D eigenvalue weighted by Gasteiger charge is 1.68. The SMILES string of the molecule is CC#CC#CC#CC=CC=CCCO. The van der Waals surface area contributed by atoms with E-state index in [9.17, 15) is 0 Å². The van der Waals surface area contributed by atoms with Crippen LogP contribution < -0.4 is 0 Å². The van der Waals surface area contributed by atoms with Crippen molar-refractivity contribution in [3.63, 3.8) is 0 Å². The Morgan fingerprint density at radius 2 is 1.86 bits per heavy atom. The maximum atomic E-state index is 8.45. The van der Waals surface area contributed by atoms with Crippen LogP contribution in [0.15, 0.2) is 24.3 Å². The van der Waals surface area contributed by atoms with Gasteiger partial charge in [-0.25, -0.2) is 0 Å². The van der Waals surface area contributed by atoms with Gasteiger partial charge in [0.25, 0.3) is 0 Å². The molecule has 0 fully saturated rings. The van der Waals surface area contributed by atoms with Crippen LogP contribution >= 0.6 is 0 Å². The molecule has 0 aliphatic carbocycles. The molecule has 0 bridgehead atoms. The molecule has 1 N–H and O–H groups in total. The molecule has 70 valence electrons.